The van der Waals surface area contributed by atoms with Crippen LogP contribution in [0.15, 0.2) is 47.4 Å². The summed E-state index contributed by atoms with van der Waals surface area (Å²) in [4.78, 5) is 11.5. The van der Waals surface area contributed by atoms with Gasteiger partial charge in [0.25, 0.3) is 10.0 Å². The number of fused-ring (bicyclic) bond motifs is 1. The zero-order valence-corrected chi connectivity index (χ0v) is 17.3. The molecule has 150 valence electrons. The van der Waals surface area contributed by atoms with E-state index in [1.165, 1.54) is 29.4 Å². The number of hydrogen-bond donors (Lipinski definition) is 1. The fourth-order valence-corrected chi connectivity index (χ4v) is 5.46. The first-order valence-electron chi connectivity index (χ1n) is 8.91. The van der Waals surface area contributed by atoms with Crippen LogP contribution in [-0.4, -0.2) is 34.9 Å². The van der Waals surface area contributed by atoms with Gasteiger partial charge in [-0.05, 0) is 62.6 Å². The fraction of sp³-hybridized carbons (Fsp3) is 0.316. The van der Waals surface area contributed by atoms with Gasteiger partial charge in [0.2, 0.25) is 10.0 Å². The number of hydrogen-bond acceptors (Lipinski definition) is 5. The molecule has 3 rings (SSSR count). The molecule has 2 aromatic carbocycles. The summed E-state index contributed by atoms with van der Waals surface area (Å²) in [6.07, 6.45) is 1.34. The van der Waals surface area contributed by atoms with Gasteiger partial charge >= 0.3 is 0 Å². The van der Waals surface area contributed by atoms with Gasteiger partial charge in [-0.3, -0.25) is 13.8 Å². The van der Waals surface area contributed by atoms with Crippen LogP contribution in [0, 0.1) is 0 Å². The maximum absolute atomic E-state index is 12.7. The summed E-state index contributed by atoms with van der Waals surface area (Å²) in [5.41, 5.74) is 2.03. The maximum Gasteiger partial charge on any atom is 0.261 e. The summed E-state index contributed by atoms with van der Waals surface area (Å²) < 4.78 is 53.9. The highest BCUT2D eigenvalue weighted by molar-refractivity contribution is 7.93. The molecule has 9 heteroatoms. The van der Waals surface area contributed by atoms with Gasteiger partial charge in [0.15, 0.2) is 5.78 Å². The molecule has 0 fully saturated rings. The predicted molar refractivity (Wildman–Crippen MR) is 109 cm³/mol. The number of aryl methyl sites for hydroxylation is 1. The van der Waals surface area contributed by atoms with Crippen molar-refractivity contribution < 1.29 is 21.6 Å². The normalized spacial score (nSPS) is 14.4. The van der Waals surface area contributed by atoms with Crippen molar-refractivity contribution in [2.24, 2.45) is 0 Å². The molecule has 0 amide bonds. The zero-order valence-electron chi connectivity index (χ0n) is 15.7. The number of nitrogens with zero attached hydrogens (tertiary/aromatic N) is 1. The molecular formula is C19H22N2O5S2. The van der Waals surface area contributed by atoms with E-state index in [0.29, 0.717) is 36.3 Å². The molecule has 1 aliphatic heterocycles. The van der Waals surface area contributed by atoms with Gasteiger partial charge in [0.1, 0.15) is 0 Å². The highest BCUT2D eigenvalue weighted by atomic mass is 32.2. The Morgan fingerprint density at radius 1 is 1.11 bits per heavy atom. The van der Waals surface area contributed by atoms with E-state index < -0.39 is 20.0 Å². The summed E-state index contributed by atoms with van der Waals surface area (Å²) in [5, 5.41) is 0. The predicted octanol–water partition coefficient (Wildman–Crippen LogP) is 2.79. The van der Waals surface area contributed by atoms with Crippen LogP contribution in [0.3, 0.4) is 0 Å². The lowest BCUT2D eigenvalue weighted by atomic mass is 10.0. The summed E-state index contributed by atoms with van der Waals surface area (Å²) in [7, 11) is -7.25. The minimum Gasteiger partial charge on any atom is -0.295 e. The molecule has 0 saturated carbocycles. The number of benzene rings is 2. The number of rotatable bonds is 6. The van der Waals surface area contributed by atoms with E-state index in [1.807, 2.05) is 0 Å². The van der Waals surface area contributed by atoms with Gasteiger partial charge in [0.05, 0.1) is 16.3 Å². The van der Waals surface area contributed by atoms with Crippen molar-refractivity contribution in [3.8, 4) is 0 Å². The highest BCUT2D eigenvalue weighted by Gasteiger charge is 2.26. The number of nitrogens with one attached hydrogen (secondary N) is 1. The van der Waals surface area contributed by atoms with Crippen LogP contribution >= 0.6 is 0 Å². The van der Waals surface area contributed by atoms with E-state index in [2.05, 4.69) is 4.72 Å². The SMILES string of the molecule is CCS(=O)(=O)N1CCCc2cc(NS(=O)(=O)c3cccc(C(C)=O)c3)ccc21. The van der Waals surface area contributed by atoms with E-state index >= 15 is 0 Å². The molecule has 0 saturated heterocycles. The Hall–Kier alpha value is -2.39. The maximum atomic E-state index is 12.7. The standard InChI is InChI=1S/C19H22N2O5S2/c1-3-27(23,24)21-11-5-7-16-12-17(9-10-19(16)21)20-28(25,26)18-8-4-6-15(13-18)14(2)22/h4,6,8-10,12-13,20H,3,5,7,11H2,1-2H3. The lowest BCUT2D eigenvalue weighted by Gasteiger charge is -2.30. The Morgan fingerprint density at radius 3 is 2.54 bits per heavy atom. The van der Waals surface area contributed by atoms with Gasteiger partial charge in [-0.25, -0.2) is 16.8 Å². The number of ketones is 1. The lowest BCUT2D eigenvalue weighted by Crippen LogP contribution is -2.36. The van der Waals surface area contributed by atoms with Crippen molar-refractivity contribution in [1.29, 1.82) is 0 Å². The van der Waals surface area contributed by atoms with Crippen LogP contribution in [0.2, 0.25) is 0 Å². The van der Waals surface area contributed by atoms with Gasteiger partial charge in [-0.1, -0.05) is 12.1 Å². The topological polar surface area (TPSA) is 101 Å². The third kappa shape index (κ3) is 4.05. The highest BCUT2D eigenvalue weighted by Crippen LogP contribution is 2.32. The smallest absolute Gasteiger partial charge is 0.261 e. The fourth-order valence-electron chi connectivity index (χ4n) is 3.17. The summed E-state index contributed by atoms with van der Waals surface area (Å²) in [6.45, 7) is 3.39. The van der Waals surface area contributed by atoms with E-state index in [1.54, 1.807) is 31.2 Å². The van der Waals surface area contributed by atoms with Gasteiger partial charge in [-0.15, -0.1) is 0 Å². The van der Waals surface area contributed by atoms with Crippen LogP contribution < -0.4 is 9.03 Å². The van der Waals surface area contributed by atoms with Crippen molar-refractivity contribution in [2.45, 2.75) is 31.6 Å². The first kappa shape index (κ1) is 20.3. The molecule has 0 bridgehead atoms. The van der Waals surface area contributed by atoms with Gasteiger partial charge < -0.3 is 0 Å². The molecule has 1 N–H and O–H groups in total. The molecule has 7 nitrogen and oxygen atoms in total. The largest absolute Gasteiger partial charge is 0.295 e. The molecule has 1 heterocycles. The monoisotopic (exact) mass is 422 g/mol. The summed E-state index contributed by atoms with van der Waals surface area (Å²) >= 11 is 0. The molecule has 0 atom stereocenters. The minimum atomic E-state index is -3.88. The second-order valence-corrected chi connectivity index (χ2v) is 10.5. The number of anilines is 2. The van der Waals surface area contributed by atoms with Crippen LogP contribution in [0.5, 0.6) is 0 Å². The molecule has 2 aromatic rings. The quantitative estimate of drug-likeness (QED) is 0.722. The summed E-state index contributed by atoms with van der Waals surface area (Å²) in [6, 6.07) is 10.7. The molecule has 0 radical (unpaired) electrons. The first-order valence-corrected chi connectivity index (χ1v) is 12.0. The molecule has 28 heavy (non-hydrogen) atoms. The average Bonchev–Trinajstić information content (AvgIpc) is 2.67. The number of carbonyl (C=O) groups excluding carboxylic acids is 1. The van der Waals surface area contributed by atoms with E-state index in [0.717, 1.165) is 5.56 Å². The molecule has 0 aromatic heterocycles. The number of Topliss-reactive ketones (excluding diaryl/α,β-unsaturated/α-hetero) is 1. The van der Waals surface area contributed by atoms with Crippen molar-refractivity contribution >= 4 is 37.2 Å². The third-order valence-corrected chi connectivity index (χ3v) is 7.82. The third-order valence-electron chi connectivity index (χ3n) is 4.66. The van der Waals surface area contributed by atoms with Crippen molar-refractivity contribution in [3.05, 3.63) is 53.6 Å². The molecule has 1 aliphatic rings. The van der Waals surface area contributed by atoms with Crippen molar-refractivity contribution in [3.63, 3.8) is 0 Å². The lowest BCUT2D eigenvalue weighted by molar-refractivity contribution is 0.101. The second kappa shape index (κ2) is 7.56. The molecule has 0 unspecified atom stereocenters. The minimum absolute atomic E-state index is 0.00638. The Morgan fingerprint density at radius 2 is 1.86 bits per heavy atom. The second-order valence-electron chi connectivity index (χ2n) is 6.61. The van der Waals surface area contributed by atoms with Crippen molar-refractivity contribution in [1.82, 2.24) is 0 Å². The van der Waals surface area contributed by atoms with Gasteiger partial charge in [-0.2, -0.15) is 0 Å². The number of sulfonamides is 2. The van der Waals surface area contributed by atoms with E-state index in [-0.39, 0.29) is 16.4 Å². The van der Waals surface area contributed by atoms with Crippen molar-refractivity contribution in [2.75, 3.05) is 21.3 Å². The molecule has 0 aliphatic carbocycles. The Labute approximate surface area is 165 Å². The van der Waals surface area contributed by atoms with E-state index in [9.17, 15) is 21.6 Å². The molecule has 0 spiro atoms. The number of carbonyl (C=O) groups is 1. The molecular weight excluding hydrogens is 400 g/mol. The van der Waals surface area contributed by atoms with E-state index in [4.69, 9.17) is 0 Å². The van der Waals surface area contributed by atoms with Gasteiger partial charge in [0, 0.05) is 17.8 Å². The Kier molecular flexibility index (Phi) is 5.49. The summed E-state index contributed by atoms with van der Waals surface area (Å²) in [5.74, 6) is -0.212. The average molecular weight is 423 g/mol. The Bertz CT molecular complexity index is 1120. The Balaban J connectivity index is 1.92. The van der Waals surface area contributed by atoms with Crippen LogP contribution in [0.1, 0.15) is 36.2 Å². The van der Waals surface area contributed by atoms with Crippen LogP contribution in [-0.2, 0) is 26.5 Å². The first-order chi connectivity index (χ1) is 13.1. The zero-order chi connectivity index (χ0) is 20.5. The van der Waals surface area contributed by atoms with Crippen LogP contribution in [0.25, 0.3) is 0 Å². The van der Waals surface area contributed by atoms with Crippen LogP contribution in [0.4, 0.5) is 11.4 Å².